The lowest BCUT2D eigenvalue weighted by atomic mass is 9.87. The number of phenolic OH excluding ortho intramolecular Hbond substituents is 1. The van der Waals surface area contributed by atoms with E-state index >= 15 is 0 Å². The second kappa shape index (κ2) is 6.43. The van der Waals surface area contributed by atoms with Crippen LogP contribution in [-0.2, 0) is 5.41 Å². The molecule has 0 spiro atoms. The maximum Gasteiger partial charge on any atom is 0.271 e. The number of hydrogen-bond acceptors (Lipinski definition) is 3. The smallest absolute Gasteiger partial charge is 0.271 e. The SMILES string of the molecule is CC(C)(C)c1ccc(C=NNC(=O)c2cccc(O)c2)cc1. The summed E-state index contributed by atoms with van der Waals surface area (Å²) in [6, 6.07) is 14.2. The molecule has 4 heteroatoms. The van der Waals surface area contributed by atoms with Crippen molar-refractivity contribution in [3.05, 3.63) is 65.2 Å². The highest BCUT2D eigenvalue weighted by molar-refractivity contribution is 5.95. The van der Waals surface area contributed by atoms with Gasteiger partial charge in [-0.2, -0.15) is 5.10 Å². The summed E-state index contributed by atoms with van der Waals surface area (Å²) in [7, 11) is 0. The number of rotatable bonds is 3. The lowest BCUT2D eigenvalue weighted by Crippen LogP contribution is -2.17. The molecule has 0 aliphatic carbocycles. The Morgan fingerprint density at radius 1 is 1.14 bits per heavy atom. The number of aromatic hydroxyl groups is 1. The fraction of sp³-hybridized carbons (Fsp3) is 0.222. The quantitative estimate of drug-likeness (QED) is 0.673. The van der Waals surface area contributed by atoms with Crippen LogP contribution in [0.4, 0.5) is 0 Å². The predicted octanol–water partition coefficient (Wildman–Crippen LogP) is 3.45. The van der Waals surface area contributed by atoms with Gasteiger partial charge in [-0.15, -0.1) is 0 Å². The molecule has 0 fully saturated rings. The Hall–Kier alpha value is -2.62. The van der Waals surface area contributed by atoms with Crippen LogP contribution < -0.4 is 5.43 Å². The Labute approximate surface area is 130 Å². The van der Waals surface area contributed by atoms with Crippen LogP contribution in [0.5, 0.6) is 5.75 Å². The highest BCUT2D eigenvalue weighted by Crippen LogP contribution is 2.21. The van der Waals surface area contributed by atoms with E-state index in [1.807, 2.05) is 12.1 Å². The Balaban J connectivity index is 1.99. The number of benzene rings is 2. The van der Waals surface area contributed by atoms with Crippen LogP contribution in [-0.4, -0.2) is 17.2 Å². The third-order valence-corrected chi connectivity index (χ3v) is 3.26. The zero-order chi connectivity index (χ0) is 16.2. The minimum Gasteiger partial charge on any atom is -0.508 e. The van der Waals surface area contributed by atoms with E-state index in [0.717, 1.165) is 5.56 Å². The highest BCUT2D eigenvalue weighted by Gasteiger charge is 2.12. The van der Waals surface area contributed by atoms with Crippen molar-refractivity contribution in [2.75, 3.05) is 0 Å². The lowest BCUT2D eigenvalue weighted by Gasteiger charge is -2.18. The summed E-state index contributed by atoms with van der Waals surface area (Å²) >= 11 is 0. The van der Waals surface area contributed by atoms with Gasteiger partial charge in [0.05, 0.1) is 6.21 Å². The van der Waals surface area contributed by atoms with Crippen molar-refractivity contribution in [2.45, 2.75) is 26.2 Å². The van der Waals surface area contributed by atoms with Crippen LogP contribution >= 0.6 is 0 Å². The average Bonchev–Trinajstić information content (AvgIpc) is 2.47. The minimum atomic E-state index is -0.363. The molecule has 0 unspecified atom stereocenters. The van der Waals surface area contributed by atoms with Crippen molar-refractivity contribution in [1.82, 2.24) is 5.43 Å². The van der Waals surface area contributed by atoms with Crippen LogP contribution in [0.3, 0.4) is 0 Å². The molecule has 0 radical (unpaired) electrons. The molecule has 0 saturated carbocycles. The van der Waals surface area contributed by atoms with Gasteiger partial charge in [0.1, 0.15) is 5.75 Å². The molecule has 2 aromatic carbocycles. The van der Waals surface area contributed by atoms with Crippen molar-refractivity contribution >= 4 is 12.1 Å². The summed E-state index contributed by atoms with van der Waals surface area (Å²) in [4.78, 5) is 11.8. The normalized spacial score (nSPS) is 11.6. The number of hydrogen-bond donors (Lipinski definition) is 2. The van der Waals surface area contributed by atoms with Crippen LogP contribution in [0.1, 0.15) is 42.3 Å². The van der Waals surface area contributed by atoms with Crippen molar-refractivity contribution in [1.29, 1.82) is 0 Å². The molecule has 114 valence electrons. The minimum absolute atomic E-state index is 0.0504. The lowest BCUT2D eigenvalue weighted by molar-refractivity contribution is 0.0954. The second-order valence-corrected chi connectivity index (χ2v) is 6.12. The number of carbonyl (C=O) groups excluding carboxylic acids is 1. The predicted molar refractivity (Wildman–Crippen MR) is 88.3 cm³/mol. The van der Waals surface area contributed by atoms with E-state index in [-0.39, 0.29) is 17.1 Å². The summed E-state index contributed by atoms with van der Waals surface area (Å²) in [5.74, 6) is -0.312. The van der Waals surface area contributed by atoms with Crippen LogP contribution in [0.15, 0.2) is 53.6 Å². The standard InChI is InChI=1S/C18H20N2O2/c1-18(2,3)15-9-7-13(8-10-15)12-19-20-17(22)14-5-4-6-16(21)11-14/h4-12,21H,1-3H3,(H,20,22). The number of amides is 1. The number of carbonyl (C=O) groups is 1. The largest absolute Gasteiger partial charge is 0.508 e. The molecule has 4 nitrogen and oxygen atoms in total. The number of nitrogens with zero attached hydrogens (tertiary/aromatic N) is 1. The molecule has 0 aliphatic rings. The molecule has 0 heterocycles. The summed E-state index contributed by atoms with van der Waals surface area (Å²) < 4.78 is 0. The van der Waals surface area contributed by atoms with E-state index in [9.17, 15) is 9.90 Å². The van der Waals surface area contributed by atoms with E-state index < -0.39 is 0 Å². The molecule has 0 atom stereocenters. The maximum absolute atomic E-state index is 11.8. The molecule has 0 aromatic heterocycles. The molecule has 2 aromatic rings. The van der Waals surface area contributed by atoms with Crippen molar-refractivity contribution in [3.8, 4) is 5.75 Å². The molecule has 2 rings (SSSR count). The van der Waals surface area contributed by atoms with Gasteiger partial charge in [0.2, 0.25) is 0 Å². The van der Waals surface area contributed by atoms with Crippen LogP contribution in [0.25, 0.3) is 0 Å². The van der Waals surface area contributed by atoms with Gasteiger partial charge in [-0.05, 0) is 34.7 Å². The summed E-state index contributed by atoms with van der Waals surface area (Å²) in [6.07, 6.45) is 1.59. The zero-order valence-corrected chi connectivity index (χ0v) is 13.0. The number of phenols is 1. The average molecular weight is 296 g/mol. The molecule has 2 N–H and O–H groups in total. The van der Waals surface area contributed by atoms with Crippen molar-refractivity contribution < 1.29 is 9.90 Å². The van der Waals surface area contributed by atoms with Gasteiger partial charge in [0.15, 0.2) is 0 Å². The van der Waals surface area contributed by atoms with E-state index in [4.69, 9.17) is 0 Å². The Morgan fingerprint density at radius 3 is 2.41 bits per heavy atom. The first-order valence-electron chi connectivity index (χ1n) is 7.09. The van der Waals surface area contributed by atoms with Gasteiger partial charge in [0, 0.05) is 5.56 Å². The topological polar surface area (TPSA) is 61.7 Å². The first-order valence-corrected chi connectivity index (χ1v) is 7.09. The molecular formula is C18H20N2O2. The van der Waals surface area contributed by atoms with E-state index in [1.54, 1.807) is 18.3 Å². The monoisotopic (exact) mass is 296 g/mol. The van der Waals surface area contributed by atoms with E-state index in [2.05, 4.69) is 43.4 Å². The number of nitrogens with one attached hydrogen (secondary N) is 1. The van der Waals surface area contributed by atoms with Crippen molar-refractivity contribution in [3.63, 3.8) is 0 Å². The Morgan fingerprint density at radius 2 is 1.82 bits per heavy atom. The van der Waals surface area contributed by atoms with Gasteiger partial charge in [-0.3, -0.25) is 4.79 Å². The van der Waals surface area contributed by atoms with E-state index in [1.165, 1.54) is 17.7 Å². The van der Waals surface area contributed by atoms with Gasteiger partial charge in [-0.25, -0.2) is 5.43 Å². The number of hydrazone groups is 1. The molecule has 0 aliphatic heterocycles. The molecule has 0 bridgehead atoms. The van der Waals surface area contributed by atoms with Gasteiger partial charge in [-0.1, -0.05) is 51.1 Å². The molecular weight excluding hydrogens is 276 g/mol. The molecule has 1 amide bonds. The van der Waals surface area contributed by atoms with Crippen molar-refractivity contribution in [2.24, 2.45) is 5.10 Å². The fourth-order valence-electron chi connectivity index (χ4n) is 1.95. The van der Waals surface area contributed by atoms with Gasteiger partial charge in [0.25, 0.3) is 5.91 Å². The third-order valence-electron chi connectivity index (χ3n) is 3.26. The van der Waals surface area contributed by atoms with Crippen LogP contribution in [0.2, 0.25) is 0 Å². The molecule has 0 saturated heterocycles. The van der Waals surface area contributed by atoms with Gasteiger partial charge < -0.3 is 5.11 Å². The Bertz CT molecular complexity index is 683. The maximum atomic E-state index is 11.8. The molecule has 22 heavy (non-hydrogen) atoms. The first kappa shape index (κ1) is 15.8. The second-order valence-electron chi connectivity index (χ2n) is 6.12. The fourth-order valence-corrected chi connectivity index (χ4v) is 1.95. The summed E-state index contributed by atoms with van der Waals surface area (Å²) in [6.45, 7) is 6.47. The Kier molecular flexibility index (Phi) is 4.61. The third kappa shape index (κ3) is 4.19. The van der Waals surface area contributed by atoms with E-state index in [0.29, 0.717) is 5.56 Å². The zero-order valence-electron chi connectivity index (χ0n) is 13.0. The first-order chi connectivity index (χ1) is 10.4. The summed E-state index contributed by atoms with van der Waals surface area (Å²) in [5, 5.41) is 13.3. The summed E-state index contributed by atoms with van der Waals surface area (Å²) in [5.41, 5.74) is 5.06. The van der Waals surface area contributed by atoms with Crippen LogP contribution in [0, 0.1) is 0 Å². The highest BCUT2D eigenvalue weighted by atomic mass is 16.3. The van der Waals surface area contributed by atoms with Gasteiger partial charge >= 0.3 is 0 Å².